The molecule has 1 aliphatic rings. The molecule has 0 spiro atoms. The molecule has 1 aromatic carbocycles. The summed E-state index contributed by atoms with van der Waals surface area (Å²) < 4.78 is 5.36. The number of nitrogens with one attached hydrogen (secondary N) is 1. The third-order valence-corrected chi connectivity index (χ3v) is 3.94. The smallest absolute Gasteiger partial charge is 0.408 e. The van der Waals surface area contributed by atoms with Gasteiger partial charge in [-0.2, -0.15) is 0 Å². The molecule has 1 saturated carbocycles. The Bertz CT molecular complexity index is 557. The van der Waals surface area contributed by atoms with Crippen LogP contribution in [0.3, 0.4) is 0 Å². The highest BCUT2D eigenvalue weighted by molar-refractivity contribution is 5.93. The van der Waals surface area contributed by atoms with Crippen LogP contribution in [0.15, 0.2) is 24.3 Å². The van der Waals surface area contributed by atoms with Crippen molar-refractivity contribution in [2.45, 2.75) is 64.5 Å². The van der Waals surface area contributed by atoms with Crippen LogP contribution in [0.25, 0.3) is 0 Å². The van der Waals surface area contributed by atoms with Gasteiger partial charge in [0, 0.05) is 6.42 Å². The number of ketones is 1. The van der Waals surface area contributed by atoms with Crippen LogP contribution in [0, 0.1) is 6.92 Å². The average Bonchev–Trinajstić information content (AvgIpc) is 2.40. The largest absolute Gasteiger partial charge is 0.444 e. The topological polar surface area (TPSA) is 55.4 Å². The van der Waals surface area contributed by atoms with Gasteiger partial charge in [-0.25, -0.2) is 4.79 Å². The van der Waals surface area contributed by atoms with Crippen molar-refractivity contribution in [3.8, 4) is 0 Å². The number of ether oxygens (including phenoxy) is 1. The minimum atomic E-state index is -0.950. The van der Waals surface area contributed by atoms with Gasteiger partial charge in [0.15, 0.2) is 5.78 Å². The van der Waals surface area contributed by atoms with E-state index in [1.807, 2.05) is 52.0 Å². The Hall–Kier alpha value is -1.84. The number of hydrogen-bond acceptors (Lipinski definition) is 3. The molecular weight excluding hydrogens is 278 g/mol. The summed E-state index contributed by atoms with van der Waals surface area (Å²) in [7, 11) is 0. The lowest BCUT2D eigenvalue weighted by atomic mass is 9.75. The lowest BCUT2D eigenvalue weighted by molar-refractivity contribution is -0.128. The van der Waals surface area contributed by atoms with Gasteiger partial charge in [-0.1, -0.05) is 29.8 Å². The number of benzene rings is 1. The minimum Gasteiger partial charge on any atom is -0.444 e. The van der Waals surface area contributed by atoms with Crippen molar-refractivity contribution in [2.75, 3.05) is 0 Å². The van der Waals surface area contributed by atoms with Gasteiger partial charge in [0.05, 0.1) is 0 Å². The highest BCUT2D eigenvalue weighted by atomic mass is 16.6. The number of Topliss-reactive ketones (excluding diaryl/α,β-unsaturated/α-hetero) is 1. The second kappa shape index (κ2) is 6.11. The van der Waals surface area contributed by atoms with Gasteiger partial charge in [-0.3, -0.25) is 4.79 Å². The highest BCUT2D eigenvalue weighted by Crippen LogP contribution is 2.35. The molecule has 0 radical (unpaired) electrons. The van der Waals surface area contributed by atoms with Crippen LogP contribution in [0.5, 0.6) is 0 Å². The molecular formula is C18H25NO3. The highest BCUT2D eigenvalue weighted by Gasteiger charge is 2.43. The number of rotatable bonds is 2. The van der Waals surface area contributed by atoms with E-state index in [4.69, 9.17) is 4.74 Å². The average molecular weight is 303 g/mol. The zero-order valence-electron chi connectivity index (χ0n) is 13.9. The van der Waals surface area contributed by atoms with Crippen LogP contribution in [-0.2, 0) is 15.1 Å². The first-order chi connectivity index (χ1) is 10.2. The Morgan fingerprint density at radius 2 is 1.82 bits per heavy atom. The van der Waals surface area contributed by atoms with Crippen molar-refractivity contribution in [2.24, 2.45) is 0 Å². The maximum atomic E-state index is 12.6. The standard InChI is InChI=1S/C18H25NO3/c1-13-8-10-14(11-9-13)18(12-6-5-7-15(18)20)19-16(21)22-17(2,3)4/h8-11H,5-7,12H2,1-4H3,(H,19,21)/t18-/m0/s1. The fourth-order valence-corrected chi connectivity index (χ4v) is 2.85. The third-order valence-electron chi connectivity index (χ3n) is 3.94. The zero-order chi connectivity index (χ0) is 16.4. The van der Waals surface area contributed by atoms with Gasteiger partial charge in [0.25, 0.3) is 0 Å². The number of aryl methyl sites for hydroxylation is 1. The molecule has 120 valence electrons. The summed E-state index contributed by atoms with van der Waals surface area (Å²) in [5, 5.41) is 2.86. The lowest BCUT2D eigenvalue weighted by Crippen LogP contribution is -2.54. The zero-order valence-corrected chi connectivity index (χ0v) is 13.9. The predicted octanol–water partition coefficient (Wildman–Crippen LogP) is 3.86. The first-order valence-electron chi connectivity index (χ1n) is 7.84. The Labute approximate surface area is 132 Å². The summed E-state index contributed by atoms with van der Waals surface area (Å²) in [5.74, 6) is 0.0634. The monoisotopic (exact) mass is 303 g/mol. The Balaban J connectivity index is 2.32. The summed E-state index contributed by atoms with van der Waals surface area (Å²) >= 11 is 0. The fraction of sp³-hybridized carbons (Fsp3) is 0.556. The van der Waals surface area contributed by atoms with Crippen LogP contribution in [0.1, 0.15) is 57.6 Å². The van der Waals surface area contributed by atoms with Crippen molar-refractivity contribution in [1.82, 2.24) is 5.32 Å². The van der Waals surface area contributed by atoms with Gasteiger partial charge in [0.1, 0.15) is 11.1 Å². The molecule has 4 heteroatoms. The summed E-state index contributed by atoms with van der Waals surface area (Å²) in [6, 6.07) is 7.79. The normalized spacial score (nSPS) is 22.3. The molecule has 0 aromatic heterocycles. The van der Waals surface area contributed by atoms with Crippen molar-refractivity contribution < 1.29 is 14.3 Å². The van der Waals surface area contributed by atoms with Crippen LogP contribution in [0.2, 0.25) is 0 Å². The van der Waals surface area contributed by atoms with E-state index in [1.54, 1.807) is 0 Å². The van der Waals surface area contributed by atoms with E-state index in [-0.39, 0.29) is 5.78 Å². The first-order valence-corrected chi connectivity index (χ1v) is 7.84. The molecule has 4 nitrogen and oxygen atoms in total. The first kappa shape index (κ1) is 16.5. The predicted molar refractivity (Wildman–Crippen MR) is 85.7 cm³/mol. The van der Waals surface area contributed by atoms with Gasteiger partial charge < -0.3 is 10.1 Å². The van der Waals surface area contributed by atoms with Gasteiger partial charge in [0.2, 0.25) is 0 Å². The Morgan fingerprint density at radius 3 is 2.36 bits per heavy atom. The molecule has 0 heterocycles. The van der Waals surface area contributed by atoms with Gasteiger partial charge in [-0.05, 0) is 52.5 Å². The van der Waals surface area contributed by atoms with Crippen LogP contribution in [-0.4, -0.2) is 17.5 Å². The molecule has 1 amide bonds. The number of carbonyl (C=O) groups excluding carboxylic acids is 2. The van der Waals surface area contributed by atoms with Crippen molar-refractivity contribution in [3.05, 3.63) is 35.4 Å². The molecule has 0 unspecified atom stereocenters. The van der Waals surface area contributed by atoms with Crippen LogP contribution < -0.4 is 5.32 Å². The number of carbonyl (C=O) groups is 2. The molecule has 22 heavy (non-hydrogen) atoms. The van der Waals surface area contributed by atoms with E-state index in [0.717, 1.165) is 24.0 Å². The second-order valence-electron chi connectivity index (χ2n) is 7.03. The maximum absolute atomic E-state index is 12.6. The molecule has 0 bridgehead atoms. The van der Waals surface area contributed by atoms with Crippen LogP contribution >= 0.6 is 0 Å². The van der Waals surface area contributed by atoms with E-state index >= 15 is 0 Å². The summed E-state index contributed by atoms with van der Waals surface area (Å²) in [4.78, 5) is 24.9. The van der Waals surface area contributed by atoms with E-state index < -0.39 is 17.2 Å². The second-order valence-corrected chi connectivity index (χ2v) is 7.03. The SMILES string of the molecule is Cc1ccc([C@@]2(NC(=O)OC(C)(C)C)CCCCC2=O)cc1. The van der Waals surface area contributed by atoms with Crippen LogP contribution in [0.4, 0.5) is 4.79 Å². The molecule has 0 saturated heterocycles. The molecule has 1 atom stereocenters. The minimum absolute atomic E-state index is 0.0634. The molecule has 2 rings (SSSR count). The summed E-state index contributed by atoms with van der Waals surface area (Å²) in [6.45, 7) is 7.44. The third kappa shape index (κ3) is 3.67. The van der Waals surface area contributed by atoms with Crippen molar-refractivity contribution in [1.29, 1.82) is 0 Å². The Kier molecular flexibility index (Phi) is 4.59. The number of alkyl carbamates (subject to hydrolysis) is 1. The molecule has 1 aliphatic carbocycles. The van der Waals surface area contributed by atoms with Crippen molar-refractivity contribution in [3.63, 3.8) is 0 Å². The summed E-state index contributed by atoms with van der Waals surface area (Å²) in [5.41, 5.74) is 0.429. The summed E-state index contributed by atoms with van der Waals surface area (Å²) in [6.07, 6.45) is 2.36. The maximum Gasteiger partial charge on any atom is 0.408 e. The van der Waals surface area contributed by atoms with Crippen molar-refractivity contribution >= 4 is 11.9 Å². The Morgan fingerprint density at radius 1 is 1.18 bits per heavy atom. The fourth-order valence-electron chi connectivity index (χ4n) is 2.85. The van der Waals surface area contributed by atoms with E-state index in [1.165, 1.54) is 0 Å². The van der Waals surface area contributed by atoms with Gasteiger partial charge in [-0.15, -0.1) is 0 Å². The molecule has 1 N–H and O–H groups in total. The van der Waals surface area contributed by atoms with E-state index in [0.29, 0.717) is 12.8 Å². The molecule has 0 aliphatic heterocycles. The molecule has 1 aromatic rings. The lowest BCUT2D eigenvalue weighted by Gasteiger charge is -2.37. The number of hydrogen-bond donors (Lipinski definition) is 1. The molecule has 1 fully saturated rings. The number of amides is 1. The van der Waals surface area contributed by atoms with E-state index in [9.17, 15) is 9.59 Å². The van der Waals surface area contributed by atoms with Gasteiger partial charge >= 0.3 is 6.09 Å². The quantitative estimate of drug-likeness (QED) is 0.902. The van der Waals surface area contributed by atoms with E-state index in [2.05, 4.69) is 5.32 Å².